The second-order valence-corrected chi connectivity index (χ2v) is 5.48. The van der Waals surface area contributed by atoms with Gasteiger partial charge in [-0.1, -0.05) is 44.2 Å². The van der Waals surface area contributed by atoms with Gasteiger partial charge in [-0.2, -0.15) is 0 Å². The molecule has 1 aromatic heterocycles. The molecule has 0 saturated heterocycles. The van der Waals surface area contributed by atoms with E-state index in [0.717, 1.165) is 0 Å². The van der Waals surface area contributed by atoms with E-state index < -0.39 is 0 Å². The van der Waals surface area contributed by atoms with Crippen LogP contribution in [-0.4, -0.2) is 4.98 Å². The molecule has 0 saturated carbocycles. The Kier molecular flexibility index (Phi) is 5.79. The van der Waals surface area contributed by atoms with Gasteiger partial charge in [0.05, 0.1) is 0 Å². The molecular weight excluding hydrogens is 242 g/mol. The lowest BCUT2D eigenvalue weighted by molar-refractivity contribution is 0.508. The van der Waals surface area contributed by atoms with Gasteiger partial charge in [-0.25, -0.2) is 0 Å². The van der Waals surface area contributed by atoms with Crippen LogP contribution >= 0.6 is 0 Å². The Balaban J connectivity index is 1.99. The highest BCUT2D eigenvalue weighted by Crippen LogP contribution is 2.31. The Bertz CT molecular complexity index is 430. The molecule has 1 heteroatoms. The first kappa shape index (κ1) is 14.8. The SMILES string of the molecule is CCC(CCC(CC)c1ccncc1)c1ccccc1. The minimum Gasteiger partial charge on any atom is -0.265 e. The van der Waals surface area contributed by atoms with Crippen molar-refractivity contribution in [2.75, 3.05) is 0 Å². The molecule has 0 N–H and O–H groups in total. The van der Waals surface area contributed by atoms with E-state index in [1.54, 1.807) is 0 Å². The van der Waals surface area contributed by atoms with Gasteiger partial charge in [-0.15, -0.1) is 0 Å². The van der Waals surface area contributed by atoms with Gasteiger partial charge in [0.1, 0.15) is 0 Å². The monoisotopic (exact) mass is 267 g/mol. The van der Waals surface area contributed by atoms with Crippen molar-refractivity contribution < 1.29 is 0 Å². The van der Waals surface area contributed by atoms with Crippen LogP contribution in [0.2, 0.25) is 0 Å². The third-order valence-electron chi connectivity index (χ3n) is 4.30. The highest BCUT2D eigenvalue weighted by atomic mass is 14.6. The van der Waals surface area contributed by atoms with Crippen LogP contribution in [0.15, 0.2) is 54.9 Å². The van der Waals surface area contributed by atoms with E-state index in [4.69, 9.17) is 0 Å². The summed E-state index contributed by atoms with van der Waals surface area (Å²) >= 11 is 0. The molecule has 1 heterocycles. The van der Waals surface area contributed by atoms with Crippen LogP contribution in [-0.2, 0) is 0 Å². The molecule has 0 spiro atoms. The van der Waals surface area contributed by atoms with Crippen molar-refractivity contribution >= 4 is 0 Å². The standard InChI is InChI=1S/C19H25N/c1-3-16(18-8-6-5-7-9-18)10-11-17(4-2)19-12-14-20-15-13-19/h5-9,12-17H,3-4,10-11H2,1-2H3. The molecule has 2 unspecified atom stereocenters. The van der Waals surface area contributed by atoms with Gasteiger partial charge in [0.2, 0.25) is 0 Å². The molecule has 0 amide bonds. The Morgan fingerprint density at radius 1 is 0.750 bits per heavy atom. The third kappa shape index (κ3) is 3.93. The number of rotatable bonds is 7. The smallest absolute Gasteiger partial charge is 0.0270 e. The van der Waals surface area contributed by atoms with Crippen molar-refractivity contribution in [3.8, 4) is 0 Å². The molecule has 0 aliphatic heterocycles. The number of benzene rings is 1. The minimum atomic E-state index is 0.663. The summed E-state index contributed by atoms with van der Waals surface area (Å²) in [7, 11) is 0. The molecule has 20 heavy (non-hydrogen) atoms. The fraction of sp³-hybridized carbons (Fsp3) is 0.421. The number of hydrogen-bond acceptors (Lipinski definition) is 1. The fourth-order valence-electron chi connectivity index (χ4n) is 2.98. The summed E-state index contributed by atoms with van der Waals surface area (Å²) in [6, 6.07) is 15.3. The van der Waals surface area contributed by atoms with Gasteiger partial charge < -0.3 is 0 Å². The van der Waals surface area contributed by atoms with Gasteiger partial charge in [0.15, 0.2) is 0 Å². The maximum Gasteiger partial charge on any atom is 0.0270 e. The zero-order valence-corrected chi connectivity index (χ0v) is 12.6. The highest BCUT2D eigenvalue weighted by Gasteiger charge is 2.14. The predicted octanol–water partition coefficient (Wildman–Crippen LogP) is 5.55. The molecule has 0 radical (unpaired) electrons. The van der Waals surface area contributed by atoms with Gasteiger partial charge in [0.25, 0.3) is 0 Å². The molecule has 2 rings (SSSR count). The van der Waals surface area contributed by atoms with Gasteiger partial charge in [-0.05, 0) is 60.8 Å². The maximum atomic E-state index is 4.12. The third-order valence-corrected chi connectivity index (χ3v) is 4.30. The summed E-state index contributed by atoms with van der Waals surface area (Å²) in [5.41, 5.74) is 2.92. The number of aromatic nitrogens is 1. The molecule has 106 valence electrons. The number of nitrogens with zero attached hydrogens (tertiary/aromatic N) is 1. The van der Waals surface area contributed by atoms with Crippen LogP contribution in [0.25, 0.3) is 0 Å². The van der Waals surface area contributed by atoms with Crippen LogP contribution in [0.1, 0.15) is 62.5 Å². The molecule has 1 nitrogen and oxygen atoms in total. The first-order valence-corrected chi connectivity index (χ1v) is 7.80. The molecule has 2 atom stereocenters. The van der Waals surface area contributed by atoms with Crippen LogP contribution in [0, 0.1) is 0 Å². The molecule has 0 fully saturated rings. The second-order valence-electron chi connectivity index (χ2n) is 5.48. The second kappa shape index (κ2) is 7.84. The molecule has 0 aliphatic rings. The first-order valence-electron chi connectivity index (χ1n) is 7.80. The average Bonchev–Trinajstić information content (AvgIpc) is 2.53. The van der Waals surface area contributed by atoms with Crippen molar-refractivity contribution in [3.63, 3.8) is 0 Å². The number of pyridine rings is 1. The topological polar surface area (TPSA) is 12.9 Å². The van der Waals surface area contributed by atoms with E-state index >= 15 is 0 Å². The fourth-order valence-corrected chi connectivity index (χ4v) is 2.98. The molecule has 0 aliphatic carbocycles. The lowest BCUT2D eigenvalue weighted by atomic mass is 9.85. The molecular formula is C19H25N. The predicted molar refractivity (Wildman–Crippen MR) is 86.0 cm³/mol. The van der Waals surface area contributed by atoms with E-state index in [0.29, 0.717) is 11.8 Å². The van der Waals surface area contributed by atoms with E-state index in [2.05, 4.69) is 61.3 Å². The van der Waals surface area contributed by atoms with Gasteiger partial charge in [0, 0.05) is 12.4 Å². The van der Waals surface area contributed by atoms with E-state index in [1.807, 2.05) is 12.4 Å². The average molecular weight is 267 g/mol. The van der Waals surface area contributed by atoms with Crippen molar-refractivity contribution in [1.29, 1.82) is 0 Å². The Morgan fingerprint density at radius 3 is 1.75 bits per heavy atom. The number of hydrogen-bond donors (Lipinski definition) is 0. The van der Waals surface area contributed by atoms with Crippen molar-refractivity contribution in [2.24, 2.45) is 0 Å². The largest absolute Gasteiger partial charge is 0.265 e. The zero-order valence-electron chi connectivity index (χ0n) is 12.6. The Hall–Kier alpha value is -1.63. The molecule has 0 bridgehead atoms. The van der Waals surface area contributed by atoms with Crippen LogP contribution in [0.5, 0.6) is 0 Å². The summed E-state index contributed by atoms with van der Waals surface area (Å²) in [6.07, 6.45) is 8.76. The summed E-state index contributed by atoms with van der Waals surface area (Å²) in [4.78, 5) is 4.12. The van der Waals surface area contributed by atoms with Crippen LogP contribution in [0.3, 0.4) is 0 Å². The molecule has 2 aromatic rings. The van der Waals surface area contributed by atoms with Gasteiger partial charge >= 0.3 is 0 Å². The Morgan fingerprint density at radius 2 is 1.25 bits per heavy atom. The molecule has 1 aromatic carbocycles. The summed E-state index contributed by atoms with van der Waals surface area (Å²) in [5.74, 6) is 1.35. The van der Waals surface area contributed by atoms with Gasteiger partial charge in [-0.3, -0.25) is 4.98 Å². The highest BCUT2D eigenvalue weighted by molar-refractivity contribution is 5.20. The lowest BCUT2D eigenvalue weighted by Crippen LogP contribution is -2.03. The van der Waals surface area contributed by atoms with E-state index in [1.165, 1.54) is 36.8 Å². The first-order chi connectivity index (χ1) is 9.85. The lowest BCUT2D eigenvalue weighted by Gasteiger charge is -2.20. The zero-order chi connectivity index (χ0) is 14.2. The van der Waals surface area contributed by atoms with Crippen molar-refractivity contribution in [3.05, 3.63) is 66.0 Å². The normalized spacial score (nSPS) is 13.9. The summed E-state index contributed by atoms with van der Waals surface area (Å²) in [5, 5.41) is 0. The minimum absolute atomic E-state index is 0.663. The summed E-state index contributed by atoms with van der Waals surface area (Å²) < 4.78 is 0. The van der Waals surface area contributed by atoms with Crippen LogP contribution in [0.4, 0.5) is 0 Å². The van der Waals surface area contributed by atoms with Crippen LogP contribution < -0.4 is 0 Å². The Labute approximate surface area is 123 Å². The maximum absolute atomic E-state index is 4.12. The van der Waals surface area contributed by atoms with E-state index in [9.17, 15) is 0 Å². The quantitative estimate of drug-likeness (QED) is 0.641. The van der Waals surface area contributed by atoms with Crippen molar-refractivity contribution in [2.45, 2.75) is 51.4 Å². The summed E-state index contributed by atoms with van der Waals surface area (Å²) in [6.45, 7) is 4.58. The van der Waals surface area contributed by atoms with E-state index in [-0.39, 0.29) is 0 Å². The van der Waals surface area contributed by atoms with Crippen molar-refractivity contribution in [1.82, 2.24) is 4.98 Å².